The van der Waals surface area contributed by atoms with Crippen molar-refractivity contribution >= 4 is 62.4 Å². The van der Waals surface area contributed by atoms with Crippen molar-refractivity contribution in [2.45, 2.75) is 103 Å². The second-order valence-electron chi connectivity index (χ2n) is 21.5. The number of hydrogen-bond donors (Lipinski definition) is 0. The predicted molar refractivity (Wildman–Crippen MR) is 270 cm³/mol. The van der Waals surface area contributed by atoms with E-state index in [-0.39, 0.29) is 59.6 Å². The van der Waals surface area contributed by atoms with Gasteiger partial charge in [0.15, 0.2) is 0 Å². The molecule has 3 nitrogen and oxygen atoms in total. The van der Waals surface area contributed by atoms with Gasteiger partial charge in [-0.25, -0.2) is 11.1 Å². The van der Waals surface area contributed by atoms with Crippen LogP contribution in [0.3, 0.4) is 0 Å². The van der Waals surface area contributed by atoms with Crippen molar-refractivity contribution in [2.24, 2.45) is 0 Å². The summed E-state index contributed by atoms with van der Waals surface area (Å²) in [7, 11) is 0. The zero-order valence-electron chi connectivity index (χ0n) is 38.9. The Bertz CT molecular complexity index is 3320. The fraction of sp³-hybridized carbons (Fsp3) is 0.267. The van der Waals surface area contributed by atoms with E-state index >= 15 is 0 Å². The van der Waals surface area contributed by atoms with Crippen LogP contribution in [0.4, 0.5) is 28.4 Å². The maximum absolute atomic E-state index is 3.72. The van der Waals surface area contributed by atoms with Crippen molar-refractivity contribution in [1.82, 2.24) is 4.57 Å². The fourth-order valence-corrected chi connectivity index (χ4v) is 13.5. The van der Waals surface area contributed by atoms with Gasteiger partial charge in [0.25, 0.3) is 6.71 Å². The van der Waals surface area contributed by atoms with E-state index in [0.29, 0.717) is 0 Å². The van der Waals surface area contributed by atoms with Gasteiger partial charge in [0.2, 0.25) is 0 Å². The molecule has 4 heterocycles. The second-order valence-corrected chi connectivity index (χ2v) is 21.5. The number of aryl methyl sites for hydroxylation is 1. The van der Waals surface area contributed by atoms with E-state index in [1.54, 1.807) is 0 Å². The van der Waals surface area contributed by atoms with Gasteiger partial charge in [0.05, 0.1) is 5.54 Å². The number of para-hydroxylation sites is 1. The Balaban J connectivity index is 0.00000444. The molecule has 0 amide bonds. The topological polar surface area (TPSA) is 11.4 Å². The first kappa shape index (κ1) is 41.2. The Hall–Kier alpha value is -5.20. The van der Waals surface area contributed by atoms with Crippen molar-refractivity contribution < 1.29 is 31.1 Å². The van der Waals surface area contributed by atoms with Gasteiger partial charge in [0.1, 0.15) is 0 Å². The molecule has 0 bridgehead atoms. The molecule has 8 aromatic rings. The van der Waals surface area contributed by atoms with Crippen LogP contribution in [0.15, 0.2) is 133 Å². The average molecular weight is 1070 g/mol. The molecule has 0 spiro atoms. The van der Waals surface area contributed by atoms with Gasteiger partial charge in [-0.15, -0.1) is 18.2 Å². The Labute approximate surface area is 409 Å². The molecule has 0 saturated heterocycles. The largest absolute Gasteiger partial charge is 2.00 e. The molecule has 2 aliphatic carbocycles. The van der Waals surface area contributed by atoms with Gasteiger partial charge >= 0.3 is 31.1 Å². The van der Waals surface area contributed by atoms with E-state index in [1.807, 2.05) is 6.07 Å². The zero-order valence-corrected chi connectivity index (χ0v) is 43.1. The quantitative estimate of drug-likeness (QED) is 0.129. The third kappa shape index (κ3) is 5.32. The standard InChI is InChI=1S/C60H54BN3.U/c1-37-33-51-54-52(34-37)63-55-43(53-42-22-12-14-24-44(42)58(5,6)56(53)63)23-18-25-47(55)61(54)46-29-28-40(36-50(46)62(51)48-26-15-13-21-41(48)38-19-10-9-11-20-38)64-49-30-27-39(57(2,3)4)35-45(49)59(7)31-16-17-32-60(59,64)8;/h9-15,18-19,22-30,33-36H,16-17,31-32H2,1-8H3;/q-2;+2. The first-order valence-electron chi connectivity index (χ1n) is 23.6. The Morgan fingerprint density at radius 2 is 1.43 bits per heavy atom. The summed E-state index contributed by atoms with van der Waals surface area (Å²) >= 11 is 0. The van der Waals surface area contributed by atoms with E-state index < -0.39 is 0 Å². The van der Waals surface area contributed by atoms with Crippen molar-refractivity contribution in [1.29, 1.82) is 0 Å². The maximum atomic E-state index is 3.72. The van der Waals surface area contributed by atoms with E-state index in [9.17, 15) is 0 Å². The smallest absolute Gasteiger partial charge is 0.362 e. The molecule has 7 aromatic carbocycles. The van der Waals surface area contributed by atoms with E-state index in [1.165, 1.54) is 114 Å². The number of rotatable bonds is 3. The molecule has 0 N–H and O–H groups in total. The van der Waals surface area contributed by atoms with Gasteiger partial charge in [-0.3, -0.25) is 0 Å². The van der Waals surface area contributed by atoms with Crippen LogP contribution in [0.25, 0.3) is 38.8 Å². The first-order chi connectivity index (χ1) is 30.8. The molecule has 65 heavy (non-hydrogen) atoms. The number of anilines is 5. The minimum absolute atomic E-state index is 0. The summed E-state index contributed by atoms with van der Waals surface area (Å²) in [5.74, 6) is 0. The maximum Gasteiger partial charge on any atom is 2.00 e. The minimum atomic E-state index is -0.180. The van der Waals surface area contributed by atoms with E-state index in [0.717, 1.165) is 23.2 Å². The van der Waals surface area contributed by atoms with Crippen molar-refractivity contribution in [2.75, 3.05) is 9.80 Å². The molecular formula is C60H54BN3U. The van der Waals surface area contributed by atoms with Crippen LogP contribution < -0.4 is 26.2 Å². The molecule has 1 saturated carbocycles. The van der Waals surface area contributed by atoms with Crippen molar-refractivity contribution in [3.05, 3.63) is 174 Å². The SMILES string of the molecule is Cc1cc2c3c(c1)-n1c4c(c5cccc(c51)B3c1ccc(N3c5ccc(C(C)(C)C)cc5C5(C)CCCCC35C)cc1N2c1ccc[c-]c1-c1[c-]cccc1)-c1ccccc1C4(C)C.[U+2]. The molecule has 2 unspecified atom stereocenters. The summed E-state index contributed by atoms with van der Waals surface area (Å²) in [6.45, 7) is 19.4. The summed E-state index contributed by atoms with van der Waals surface area (Å²) in [6, 6.07) is 58.4. The van der Waals surface area contributed by atoms with Gasteiger partial charge in [-0.1, -0.05) is 121 Å². The van der Waals surface area contributed by atoms with Crippen molar-refractivity contribution in [3.8, 4) is 27.9 Å². The van der Waals surface area contributed by atoms with E-state index in [4.69, 9.17) is 0 Å². The number of aromatic nitrogens is 1. The summed E-state index contributed by atoms with van der Waals surface area (Å²) < 4.78 is 2.68. The zero-order chi connectivity index (χ0) is 43.7. The van der Waals surface area contributed by atoms with Crippen LogP contribution in [0.2, 0.25) is 0 Å². The third-order valence-electron chi connectivity index (χ3n) is 16.7. The van der Waals surface area contributed by atoms with Crippen LogP contribution in [0, 0.1) is 50.2 Å². The molecule has 5 aliphatic rings. The summed E-state index contributed by atoms with van der Waals surface area (Å²) in [4.78, 5) is 5.37. The fourth-order valence-electron chi connectivity index (χ4n) is 13.5. The molecular weight excluding hydrogens is 1010 g/mol. The summed E-state index contributed by atoms with van der Waals surface area (Å²) in [5.41, 5.74) is 24.7. The molecule has 13 rings (SSSR count). The molecule has 1 aromatic heterocycles. The molecule has 2 atom stereocenters. The predicted octanol–water partition coefficient (Wildman–Crippen LogP) is 13.2. The number of hydrogen-bond acceptors (Lipinski definition) is 2. The van der Waals surface area contributed by atoms with Crippen LogP contribution >= 0.6 is 0 Å². The van der Waals surface area contributed by atoms with Gasteiger partial charge in [-0.2, -0.15) is 36.4 Å². The molecule has 1 fully saturated rings. The monoisotopic (exact) mass is 1070 g/mol. The van der Waals surface area contributed by atoms with Gasteiger partial charge < -0.3 is 14.4 Å². The van der Waals surface area contributed by atoms with Crippen LogP contribution in [-0.4, -0.2) is 16.8 Å². The summed E-state index contributed by atoms with van der Waals surface area (Å²) in [6.07, 6.45) is 4.85. The normalized spacial score (nSPS) is 20.4. The minimum Gasteiger partial charge on any atom is -0.362 e. The van der Waals surface area contributed by atoms with Crippen molar-refractivity contribution in [3.63, 3.8) is 0 Å². The first-order valence-corrected chi connectivity index (χ1v) is 23.6. The molecule has 0 radical (unpaired) electrons. The number of fused-ring (bicyclic) bond motifs is 12. The van der Waals surface area contributed by atoms with Crippen LogP contribution in [-0.2, 0) is 16.2 Å². The van der Waals surface area contributed by atoms with Gasteiger partial charge in [-0.05, 0) is 107 Å². The number of nitrogens with zero attached hydrogens (tertiary/aromatic N) is 3. The van der Waals surface area contributed by atoms with E-state index in [2.05, 4.69) is 209 Å². The second kappa shape index (κ2) is 13.9. The summed E-state index contributed by atoms with van der Waals surface area (Å²) in [5, 5.41) is 1.35. The Morgan fingerprint density at radius 1 is 0.646 bits per heavy atom. The molecule has 5 heteroatoms. The average Bonchev–Trinajstić information content (AvgIpc) is 3.84. The van der Waals surface area contributed by atoms with Gasteiger partial charge in [0, 0.05) is 61.4 Å². The van der Waals surface area contributed by atoms with Crippen LogP contribution in [0.1, 0.15) is 102 Å². The molecule has 316 valence electrons. The third-order valence-corrected chi connectivity index (χ3v) is 16.7. The Kier molecular flexibility index (Phi) is 8.83. The number of benzene rings is 7. The molecule has 3 aliphatic heterocycles. The van der Waals surface area contributed by atoms with Crippen LogP contribution in [0.5, 0.6) is 0 Å². The Morgan fingerprint density at radius 3 is 2.25 bits per heavy atom.